The monoisotopic (exact) mass is 279 g/mol. The van der Waals surface area contributed by atoms with Crippen molar-refractivity contribution >= 4 is 21.6 Å². The third-order valence-corrected chi connectivity index (χ3v) is 3.54. The highest BCUT2D eigenvalue weighted by molar-refractivity contribution is 9.10. The van der Waals surface area contributed by atoms with Crippen LogP contribution in [0.2, 0.25) is 0 Å². The molecule has 1 aliphatic carbocycles. The van der Waals surface area contributed by atoms with Crippen molar-refractivity contribution in [3.63, 3.8) is 0 Å². The third-order valence-electron chi connectivity index (χ3n) is 2.88. The molecule has 84 valence electrons. The van der Waals surface area contributed by atoms with Crippen molar-refractivity contribution in [1.29, 1.82) is 5.26 Å². The summed E-state index contributed by atoms with van der Waals surface area (Å²) >= 11 is 3.36. The second kappa shape index (κ2) is 4.86. The minimum atomic E-state index is 0.200. The smallest absolute Gasteiger partial charge is 0.103 e. The van der Waals surface area contributed by atoms with Crippen molar-refractivity contribution < 1.29 is 0 Å². The highest BCUT2D eigenvalue weighted by Crippen LogP contribution is 2.32. The molecule has 4 heteroatoms. The molecule has 0 spiro atoms. The van der Waals surface area contributed by atoms with Crippen LogP contribution in [0.1, 0.15) is 18.4 Å². The fourth-order valence-electron chi connectivity index (χ4n) is 1.70. The molecule has 16 heavy (non-hydrogen) atoms. The largest absolute Gasteiger partial charge is 0.382 e. The van der Waals surface area contributed by atoms with Crippen molar-refractivity contribution in [2.75, 3.05) is 11.9 Å². The molecule has 0 radical (unpaired) electrons. The molecule has 1 fully saturated rings. The van der Waals surface area contributed by atoms with Crippen molar-refractivity contribution in [3.05, 3.63) is 28.2 Å². The Balaban J connectivity index is 2.03. The number of nitrogens with zero attached hydrogens (tertiary/aromatic N) is 1. The van der Waals surface area contributed by atoms with Crippen LogP contribution in [0, 0.1) is 17.2 Å². The summed E-state index contributed by atoms with van der Waals surface area (Å²) in [4.78, 5) is 0. The molecule has 1 saturated carbocycles. The maximum Gasteiger partial charge on any atom is 0.103 e. The molecule has 1 atom stereocenters. The van der Waals surface area contributed by atoms with Gasteiger partial charge in [0.05, 0.1) is 11.3 Å². The number of hydrogen-bond acceptors (Lipinski definition) is 3. The average molecular weight is 280 g/mol. The molecule has 3 N–H and O–H groups in total. The molecule has 3 nitrogen and oxygen atoms in total. The summed E-state index contributed by atoms with van der Waals surface area (Å²) in [5.74, 6) is 0.671. The molecular weight excluding hydrogens is 266 g/mol. The van der Waals surface area contributed by atoms with Crippen LogP contribution >= 0.6 is 15.9 Å². The second-order valence-corrected chi connectivity index (χ2v) is 5.01. The topological polar surface area (TPSA) is 61.8 Å². The van der Waals surface area contributed by atoms with E-state index in [2.05, 4.69) is 27.3 Å². The predicted octanol–water partition coefficient (Wildman–Crippen LogP) is 2.47. The number of rotatable bonds is 4. The first-order valence-electron chi connectivity index (χ1n) is 5.40. The van der Waals surface area contributed by atoms with E-state index in [1.54, 1.807) is 0 Å². The molecule has 1 aliphatic rings. The van der Waals surface area contributed by atoms with Crippen molar-refractivity contribution in [2.24, 2.45) is 11.7 Å². The van der Waals surface area contributed by atoms with Crippen molar-refractivity contribution in [3.8, 4) is 6.07 Å². The van der Waals surface area contributed by atoms with E-state index in [0.29, 0.717) is 11.5 Å². The lowest BCUT2D eigenvalue weighted by atomic mass is 10.1. The minimum Gasteiger partial charge on any atom is -0.382 e. The van der Waals surface area contributed by atoms with Crippen molar-refractivity contribution in [1.82, 2.24) is 0 Å². The molecule has 2 rings (SSSR count). The number of nitrogens with one attached hydrogen (secondary N) is 1. The van der Waals surface area contributed by atoms with Crippen LogP contribution in [0.5, 0.6) is 0 Å². The average Bonchev–Trinajstić information content (AvgIpc) is 3.09. The van der Waals surface area contributed by atoms with Gasteiger partial charge in [0, 0.05) is 17.1 Å². The maximum absolute atomic E-state index is 9.03. The van der Waals surface area contributed by atoms with Crippen LogP contribution in [0.4, 0.5) is 5.69 Å². The molecule has 1 aromatic carbocycles. The fourth-order valence-corrected chi connectivity index (χ4v) is 2.16. The van der Waals surface area contributed by atoms with E-state index >= 15 is 0 Å². The van der Waals surface area contributed by atoms with Crippen LogP contribution in [-0.2, 0) is 0 Å². The van der Waals surface area contributed by atoms with Crippen LogP contribution in [0.3, 0.4) is 0 Å². The molecule has 0 aromatic heterocycles. The Morgan fingerprint density at radius 2 is 2.31 bits per heavy atom. The molecular formula is C12H14BrN3. The van der Waals surface area contributed by atoms with Crippen LogP contribution in [-0.4, -0.2) is 12.6 Å². The first kappa shape index (κ1) is 11.4. The Hall–Kier alpha value is -1.05. The molecule has 0 heterocycles. The van der Waals surface area contributed by atoms with Crippen LogP contribution in [0.15, 0.2) is 22.7 Å². The second-order valence-electron chi connectivity index (χ2n) is 4.16. The lowest BCUT2D eigenvalue weighted by Gasteiger charge is -2.14. The van der Waals surface area contributed by atoms with Gasteiger partial charge in [-0.15, -0.1) is 0 Å². The van der Waals surface area contributed by atoms with Gasteiger partial charge < -0.3 is 11.1 Å². The Morgan fingerprint density at radius 3 is 2.94 bits per heavy atom. The van der Waals surface area contributed by atoms with E-state index in [1.807, 2.05) is 18.2 Å². The number of anilines is 1. The number of nitriles is 1. The molecule has 0 amide bonds. The predicted molar refractivity (Wildman–Crippen MR) is 68.0 cm³/mol. The summed E-state index contributed by atoms with van der Waals surface area (Å²) in [5.41, 5.74) is 7.50. The minimum absolute atomic E-state index is 0.200. The van der Waals surface area contributed by atoms with Gasteiger partial charge in [-0.25, -0.2) is 0 Å². The van der Waals surface area contributed by atoms with Crippen LogP contribution < -0.4 is 11.1 Å². The van der Waals surface area contributed by atoms with E-state index in [1.165, 1.54) is 12.8 Å². The van der Waals surface area contributed by atoms with E-state index in [0.717, 1.165) is 16.7 Å². The van der Waals surface area contributed by atoms with Gasteiger partial charge >= 0.3 is 0 Å². The lowest BCUT2D eigenvalue weighted by molar-refractivity contribution is 0.621. The Morgan fingerprint density at radius 1 is 1.56 bits per heavy atom. The van der Waals surface area contributed by atoms with Gasteiger partial charge in [-0.05, 0) is 46.8 Å². The van der Waals surface area contributed by atoms with Gasteiger partial charge in [0.2, 0.25) is 0 Å². The summed E-state index contributed by atoms with van der Waals surface area (Å²) in [6.07, 6.45) is 2.48. The standard InChI is InChI=1S/C12H14BrN3/c13-10-2-1-3-12(9(10)6-14)16-7-11(15)8-4-5-8/h1-3,8,11,16H,4-5,7,15H2. The third kappa shape index (κ3) is 2.55. The zero-order valence-corrected chi connectivity index (χ0v) is 10.5. The number of halogens is 1. The number of nitrogens with two attached hydrogens (primary N) is 1. The van der Waals surface area contributed by atoms with E-state index in [4.69, 9.17) is 11.0 Å². The van der Waals surface area contributed by atoms with Gasteiger partial charge in [-0.2, -0.15) is 5.26 Å². The maximum atomic E-state index is 9.03. The molecule has 1 aromatic rings. The Kier molecular flexibility index (Phi) is 3.47. The summed E-state index contributed by atoms with van der Waals surface area (Å²) in [6, 6.07) is 8.07. The summed E-state index contributed by atoms with van der Waals surface area (Å²) in [7, 11) is 0. The first-order valence-corrected chi connectivity index (χ1v) is 6.19. The molecule has 0 saturated heterocycles. The SMILES string of the molecule is N#Cc1c(Br)cccc1NCC(N)C1CC1. The fraction of sp³-hybridized carbons (Fsp3) is 0.417. The number of benzene rings is 1. The van der Waals surface area contributed by atoms with Gasteiger partial charge in [0.15, 0.2) is 0 Å². The zero-order valence-electron chi connectivity index (χ0n) is 8.91. The Bertz CT molecular complexity index is 421. The summed E-state index contributed by atoms with van der Waals surface area (Å²) < 4.78 is 0.819. The quantitative estimate of drug-likeness (QED) is 0.890. The first-order chi connectivity index (χ1) is 7.72. The van der Waals surface area contributed by atoms with E-state index in [-0.39, 0.29) is 6.04 Å². The molecule has 1 unspecified atom stereocenters. The summed E-state index contributed by atoms with van der Waals surface area (Å²) in [5, 5.41) is 12.3. The molecule has 0 aliphatic heterocycles. The van der Waals surface area contributed by atoms with Crippen molar-refractivity contribution in [2.45, 2.75) is 18.9 Å². The Labute approximate surface area is 104 Å². The van der Waals surface area contributed by atoms with E-state index < -0.39 is 0 Å². The zero-order chi connectivity index (χ0) is 11.5. The van der Waals surface area contributed by atoms with Gasteiger partial charge in [0.25, 0.3) is 0 Å². The van der Waals surface area contributed by atoms with E-state index in [9.17, 15) is 0 Å². The lowest BCUT2D eigenvalue weighted by Crippen LogP contribution is -2.31. The van der Waals surface area contributed by atoms with Gasteiger partial charge in [-0.1, -0.05) is 6.07 Å². The molecule has 0 bridgehead atoms. The van der Waals surface area contributed by atoms with Crippen LogP contribution in [0.25, 0.3) is 0 Å². The normalized spacial score (nSPS) is 16.6. The van der Waals surface area contributed by atoms with Gasteiger partial charge in [0.1, 0.15) is 6.07 Å². The highest BCUT2D eigenvalue weighted by Gasteiger charge is 2.28. The highest BCUT2D eigenvalue weighted by atomic mass is 79.9. The summed E-state index contributed by atoms with van der Waals surface area (Å²) in [6.45, 7) is 0.732. The van der Waals surface area contributed by atoms with Gasteiger partial charge in [-0.3, -0.25) is 0 Å². The number of hydrogen-bond donors (Lipinski definition) is 2.